The van der Waals surface area contributed by atoms with Crippen LogP contribution in [0.25, 0.3) is 0 Å². The van der Waals surface area contributed by atoms with Crippen LogP contribution in [-0.4, -0.2) is 66.8 Å². The maximum atomic E-state index is 12.4. The molecule has 0 aromatic carbocycles. The zero-order chi connectivity index (χ0) is 17.0. The van der Waals surface area contributed by atoms with Gasteiger partial charge in [-0.1, -0.05) is 0 Å². The van der Waals surface area contributed by atoms with E-state index in [0.29, 0.717) is 10.4 Å². The fourth-order valence-corrected chi connectivity index (χ4v) is 3.42. The summed E-state index contributed by atoms with van der Waals surface area (Å²) in [6.45, 7) is 11.0. The minimum Gasteiger partial charge on any atom is -0.346 e. The highest BCUT2D eigenvalue weighted by Gasteiger charge is 2.24. The Balaban J connectivity index is 1.84. The molecule has 0 unspecified atom stereocenters. The SMILES string of the molecule is CC(=O)c1csc(C(=O)NC(C)(C)CCN2CCN(C)CC2)c1. The predicted octanol–water partition coefficient (Wildman–Crippen LogP) is 2.10. The number of Topliss-reactive ketones (excluding diaryl/α,β-unsaturated/α-hetero) is 1. The number of rotatable bonds is 6. The summed E-state index contributed by atoms with van der Waals surface area (Å²) in [5, 5.41) is 4.84. The molecule has 1 aromatic heterocycles. The highest BCUT2D eigenvalue weighted by Crippen LogP contribution is 2.18. The molecular formula is C17H27N3O2S. The molecule has 5 nitrogen and oxygen atoms in total. The molecule has 1 aromatic rings. The zero-order valence-electron chi connectivity index (χ0n) is 14.5. The Morgan fingerprint density at radius 1 is 1.26 bits per heavy atom. The molecule has 1 saturated heterocycles. The first-order valence-corrected chi connectivity index (χ1v) is 8.98. The van der Waals surface area contributed by atoms with Crippen molar-refractivity contribution < 1.29 is 9.59 Å². The largest absolute Gasteiger partial charge is 0.346 e. The van der Waals surface area contributed by atoms with Gasteiger partial charge in [-0.2, -0.15) is 0 Å². The lowest BCUT2D eigenvalue weighted by atomic mass is 10.00. The van der Waals surface area contributed by atoms with Crippen LogP contribution >= 0.6 is 11.3 Å². The van der Waals surface area contributed by atoms with E-state index < -0.39 is 0 Å². The summed E-state index contributed by atoms with van der Waals surface area (Å²) in [4.78, 5) is 29.1. The van der Waals surface area contributed by atoms with Gasteiger partial charge in [0.1, 0.15) is 0 Å². The number of thiophene rings is 1. The van der Waals surface area contributed by atoms with Crippen LogP contribution in [0.1, 0.15) is 47.2 Å². The van der Waals surface area contributed by atoms with E-state index in [1.807, 2.05) is 0 Å². The number of hydrogen-bond donors (Lipinski definition) is 1. The fourth-order valence-electron chi connectivity index (χ4n) is 2.58. The van der Waals surface area contributed by atoms with Crippen LogP contribution in [0, 0.1) is 0 Å². The van der Waals surface area contributed by atoms with Crippen LogP contribution in [0.3, 0.4) is 0 Å². The lowest BCUT2D eigenvalue weighted by Crippen LogP contribution is -2.49. The van der Waals surface area contributed by atoms with Gasteiger partial charge in [0.25, 0.3) is 5.91 Å². The van der Waals surface area contributed by atoms with E-state index in [9.17, 15) is 9.59 Å². The summed E-state index contributed by atoms with van der Waals surface area (Å²) >= 11 is 1.32. The van der Waals surface area contributed by atoms with Crippen molar-refractivity contribution in [1.29, 1.82) is 0 Å². The average Bonchev–Trinajstić information content (AvgIpc) is 2.96. The van der Waals surface area contributed by atoms with Gasteiger partial charge in [0.05, 0.1) is 4.88 Å². The zero-order valence-corrected chi connectivity index (χ0v) is 15.3. The Kier molecular flexibility index (Phi) is 5.95. The molecule has 2 rings (SSSR count). The molecule has 1 amide bonds. The summed E-state index contributed by atoms with van der Waals surface area (Å²) < 4.78 is 0. The molecule has 0 radical (unpaired) electrons. The molecule has 1 aliphatic heterocycles. The molecule has 6 heteroatoms. The Morgan fingerprint density at radius 2 is 1.91 bits per heavy atom. The van der Waals surface area contributed by atoms with Crippen LogP contribution in [-0.2, 0) is 0 Å². The van der Waals surface area contributed by atoms with E-state index in [2.05, 4.69) is 36.0 Å². The highest BCUT2D eigenvalue weighted by atomic mass is 32.1. The van der Waals surface area contributed by atoms with Crippen LogP contribution < -0.4 is 5.32 Å². The van der Waals surface area contributed by atoms with E-state index in [0.717, 1.165) is 39.1 Å². The van der Waals surface area contributed by atoms with Gasteiger partial charge in [-0.25, -0.2) is 0 Å². The van der Waals surface area contributed by atoms with Crippen molar-refractivity contribution >= 4 is 23.0 Å². The molecule has 0 atom stereocenters. The third-order valence-electron chi connectivity index (χ3n) is 4.33. The maximum Gasteiger partial charge on any atom is 0.261 e. The number of carbonyl (C=O) groups is 2. The molecule has 0 bridgehead atoms. The van der Waals surface area contributed by atoms with E-state index >= 15 is 0 Å². The molecule has 1 fully saturated rings. The normalized spacial score (nSPS) is 17.2. The standard InChI is InChI=1S/C17H27N3O2S/c1-13(21)14-11-15(23-12-14)16(22)18-17(2,3)5-6-20-9-7-19(4)8-10-20/h11-12H,5-10H2,1-4H3,(H,18,22). The molecule has 0 aliphatic carbocycles. The van der Waals surface area contributed by atoms with Gasteiger partial charge in [-0.05, 0) is 40.3 Å². The summed E-state index contributed by atoms with van der Waals surface area (Å²) in [6, 6.07) is 1.68. The summed E-state index contributed by atoms with van der Waals surface area (Å²) in [5.41, 5.74) is 0.344. The van der Waals surface area contributed by atoms with E-state index in [1.165, 1.54) is 18.3 Å². The number of hydrogen-bond acceptors (Lipinski definition) is 5. The van der Waals surface area contributed by atoms with Crippen LogP contribution in [0.4, 0.5) is 0 Å². The first-order valence-electron chi connectivity index (χ1n) is 8.10. The van der Waals surface area contributed by atoms with Crippen molar-refractivity contribution in [2.24, 2.45) is 0 Å². The number of ketones is 1. The number of amides is 1. The molecule has 1 N–H and O–H groups in total. The van der Waals surface area contributed by atoms with Crippen LogP contribution in [0.2, 0.25) is 0 Å². The van der Waals surface area contributed by atoms with Crippen LogP contribution in [0.5, 0.6) is 0 Å². The number of nitrogens with zero attached hydrogens (tertiary/aromatic N) is 2. The Labute approximate surface area is 142 Å². The minimum absolute atomic E-state index is 0.00498. The van der Waals surface area contributed by atoms with Gasteiger partial charge < -0.3 is 15.1 Å². The van der Waals surface area contributed by atoms with E-state index in [-0.39, 0.29) is 17.2 Å². The molecule has 1 aliphatic rings. The highest BCUT2D eigenvalue weighted by molar-refractivity contribution is 7.12. The van der Waals surface area contributed by atoms with E-state index in [1.54, 1.807) is 11.4 Å². The fraction of sp³-hybridized carbons (Fsp3) is 0.647. The lowest BCUT2D eigenvalue weighted by Gasteiger charge is -2.35. The molecule has 0 saturated carbocycles. The van der Waals surface area contributed by atoms with Crippen molar-refractivity contribution in [1.82, 2.24) is 15.1 Å². The third-order valence-corrected chi connectivity index (χ3v) is 5.26. The van der Waals surface area contributed by atoms with Crippen molar-refractivity contribution in [2.45, 2.75) is 32.7 Å². The first-order chi connectivity index (χ1) is 10.8. The summed E-state index contributed by atoms with van der Waals surface area (Å²) in [5.74, 6) is -0.0968. The smallest absolute Gasteiger partial charge is 0.261 e. The first kappa shape index (κ1) is 18.1. The Bertz CT molecular complexity index is 560. The monoisotopic (exact) mass is 337 g/mol. The molecule has 2 heterocycles. The van der Waals surface area contributed by atoms with Gasteiger partial charge in [0.15, 0.2) is 5.78 Å². The number of nitrogens with one attached hydrogen (secondary N) is 1. The summed E-state index contributed by atoms with van der Waals surface area (Å²) in [6.07, 6.45) is 0.910. The van der Waals surface area contributed by atoms with Crippen molar-refractivity contribution in [3.63, 3.8) is 0 Å². The minimum atomic E-state index is -0.263. The number of likely N-dealkylation sites (N-methyl/N-ethyl adjacent to an activating group) is 1. The average molecular weight is 337 g/mol. The summed E-state index contributed by atoms with van der Waals surface area (Å²) in [7, 11) is 2.15. The van der Waals surface area contributed by atoms with Gasteiger partial charge in [-0.15, -0.1) is 11.3 Å². The molecule has 128 valence electrons. The number of carbonyl (C=O) groups excluding carboxylic acids is 2. The second-order valence-electron chi connectivity index (χ2n) is 6.99. The van der Waals surface area contributed by atoms with Gasteiger partial charge in [-0.3, -0.25) is 9.59 Å². The third kappa shape index (κ3) is 5.41. The van der Waals surface area contributed by atoms with Crippen molar-refractivity contribution in [2.75, 3.05) is 39.8 Å². The molecule has 0 spiro atoms. The topological polar surface area (TPSA) is 52.7 Å². The van der Waals surface area contributed by atoms with Crippen molar-refractivity contribution in [3.05, 3.63) is 21.9 Å². The quantitative estimate of drug-likeness (QED) is 0.808. The predicted molar refractivity (Wildman–Crippen MR) is 94.4 cm³/mol. The second kappa shape index (κ2) is 7.55. The lowest BCUT2D eigenvalue weighted by molar-refractivity contribution is 0.0897. The molecule has 23 heavy (non-hydrogen) atoms. The Hall–Kier alpha value is -1.24. The van der Waals surface area contributed by atoms with Gasteiger partial charge >= 0.3 is 0 Å². The van der Waals surface area contributed by atoms with Gasteiger partial charge in [0.2, 0.25) is 0 Å². The van der Waals surface area contributed by atoms with E-state index in [4.69, 9.17) is 0 Å². The van der Waals surface area contributed by atoms with Crippen molar-refractivity contribution in [3.8, 4) is 0 Å². The Morgan fingerprint density at radius 3 is 2.48 bits per heavy atom. The van der Waals surface area contributed by atoms with Crippen LogP contribution in [0.15, 0.2) is 11.4 Å². The number of piperazine rings is 1. The van der Waals surface area contributed by atoms with Gasteiger partial charge in [0, 0.05) is 49.2 Å². The maximum absolute atomic E-state index is 12.4. The molecular weight excluding hydrogens is 310 g/mol. The second-order valence-corrected chi connectivity index (χ2v) is 7.90.